The van der Waals surface area contributed by atoms with Gasteiger partial charge in [0, 0.05) is 12.2 Å². The fourth-order valence-corrected chi connectivity index (χ4v) is 2.38. The van der Waals surface area contributed by atoms with Crippen molar-refractivity contribution in [2.45, 2.75) is 25.3 Å². The summed E-state index contributed by atoms with van der Waals surface area (Å²) in [6, 6.07) is -0.859. The smallest absolute Gasteiger partial charge is 0.349 e. The summed E-state index contributed by atoms with van der Waals surface area (Å²) in [6.45, 7) is 0.523. The standard InChI is InChI=1S/C10H15N3O4.C5H5N5S/c11-6-2-1-3-7(12)10(16)17-13-8(14)4-5-9(13)15;6-5-9-3-2(4(11)10-5)7-1-8-3/h4-5,7H,1-3,6,11-12H2;1H,(H4,6,7,8,9,10,11)/t7-;/m0./s1. The quantitative estimate of drug-likeness (QED) is 0.234. The highest BCUT2D eigenvalue weighted by Gasteiger charge is 2.29. The molecule has 13 heteroatoms. The van der Waals surface area contributed by atoms with Crippen LogP contribution in [0.3, 0.4) is 0 Å². The van der Waals surface area contributed by atoms with Crippen LogP contribution in [-0.4, -0.2) is 55.4 Å². The van der Waals surface area contributed by atoms with Gasteiger partial charge in [0.25, 0.3) is 11.8 Å². The number of hydrogen-bond donors (Lipinski definition) is 5. The minimum absolute atomic E-state index is 0.287. The van der Waals surface area contributed by atoms with E-state index in [1.54, 1.807) is 0 Å². The fraction of sp³-hybridized carbons (Fsp3) is 0.333. The SMILES string of the molecule is NCCCC[C@H](N)C(=O)ON1C(=O)C=CC1=O.Nc1nc(=S)c2[nH]cnc2[nH]1. The number of imide groups is 1. The molecule has 150 valence electrons. The van der Waals surface area contributed by atoms with Crippen molar-refractivity contribution >= 4 is 47.1 Å². The lowest BCUT2D eigenvalue weighted by molar-refractivity contribution is -0.197. The number of nitrogens with zero attached hydrogens (tertiary/aromatic N) is 3. The average molecular weight is 408 g/mol. The topological polar surface area (TPSA) is 199 Å². The fourth-order valence-electron chi connectivity index (χ4n) is 2.13. The molecular weight excluding hydrogens is 388 g/mol. The van der Waals surface area contributed by atoms with Crippen molar-refractivity contribution in [1.29, 1.82) is 0 Å². The Kier molecular flexibility index (Phi) is 7.31. The molecule has 2 aromatic heterocycles. The molecule has 0 fully saturated rings. The van der Waals surface area contributed by atoms with E-state index in [-0.39, 0.29) is 5.95 Å². The van der Waals surface area contributed by atoms with Crippen LogP contribution in [-0.2, 0) is 19.2 Å². The highest BCUT2D eigenvalue weighted by Crippen LogP contribution is 2.08. The van der Waals surface area contributed by atoms with Crippen LogP contribution in [0.1, 0.15) is 19.3 Å². The molecule has 2 aromatic rings. The van der Waals surface area contributed by atoms with Crippen LogP contribution >= 0.6 is 12.2 Å². The lowest BCUT2D eigenvalue weighted by Gasteiger charge is -2.15. The molecule has 3 rings (SSSR count). The Morgan fingerprint density at radius 3 is 2.61 bits per heavy atom. The van der Waals surface area contributed by atoms with E-state index >= 15 is 0 Å². The summed E-state index contributed by atoms with van der Waals surface area (Å²) in [6.07, 6.45) is 5.43. The first-order valence-electron chi connectivity index (χ1n) is 8.26. The number of aromatic nitrogens is 4. The summed E-state index contributed by atoms with van der Waals surface area (Å²) in [7, 11) is 0. The number of carbonyl (C=O) groups is 3. The summed E-state index contributed by atoms with van der Waals surface area (Å²) in [5, 5.41) is 0.394. The molecule has 1 atom stereocenters. The van der Waals surface area contributed by atoms with Gasteiger partial charge in [-0.15, -0.1) is 0 Å². The van der Waals surface area contributed by atoms with E-state index in [0.29, 0.717) is 40.3 Å². The molecule has 2 amide bonds. The number of unbranched alkanes of at least 4 members (excludes halogenated alkanes) is 1. The number of anilines is 1. The number of carbonyl (C=O) groups excluding carboxylic acids is 3. The van der Waals surface area contributed by atoms with Gasteiger partial charge < -0.3 is 32.0 Å². The molecule has 3 heterocycles. The highest BCUT2D eigenvalue weighted by atomic mass is 32.1. The third kappa shape index (κ3) is 5.42. The number of amides is 2. The van der Waals surface area contributed by atoms with E-state index in [4.69, 9.17) is 29.4 Å². The van der Waals surface area contributed by atoms with Crippen LogP contribution in [0.2, 0.25) is 0 Å². The van der Waals surface area contributed by atoms with Gasteiger partial charge in [-0.25, -0.2) is 14.8 Å². The van der Waals surface area contributed by atoms with E-state index in [1.165, 1.54) is 6.33 Å². The number of hydrogen-bond acceptors (Lipinski definition) is 10. The van der Waals surface area contributed by atoms with Crippen molar-refractivity contribution in [3.63, 3.8) is 0 Å². The second kappa shape index (κ2) is 9.68. The minimum Gasteiger partial charge on any atom is -0.369 e. The van der Waals surface area contributed by atoms with Crippen molar-refractivity contribution in [2.75, 3.05) is 12.3 Å². The second-order valence-electron chi connectivity index (χ2n) is 5.66. The van der Waals surface area contributed by atoms with Crippen LogP contribution in [0.15, 0.2) is 18.5 Å². The summed E-state index contributed by atoms with van der Waals surface area (Å²) < 4.78 is 0.439. The van der Waals surface area contributed by atoms with Gasteiger partial charge in [0.2, 0.25) is 5.95 Å². The van der Waals surface area contributed by atoms with E-state index in [2.05, 4.69) is 24.8 Å². The zero-order valence-corrected chi connectivity index (χ0v) is 15.6. The monoisotopic (exact) mass is 408 g/mol. The molecule has 0 radical (unpaired) electrons. The number of hydroxylamine groups is 2. The number of H-pyrrole nitrogens is 2. The number of fused-ring (bicyclic) bond motifs is 1. The van der Waals surface area contributed by atoms with E-state index in [1.807, 2.05) is 0 Å². The van der Waals surface area contributed by atoms with Crippen molar-refractivity contribution in [3.8, 4) is 0 Å². The van der Waals surface area contributed by atoms with Gasteiger partial charge in [0.1, 0.15) is 11.6 Å². The Hall–Kier alpha value is -3.16. The first-order valence-corrected chi connectivity index (χ1v) is 8.66. The molecule has 0 bridgehead atoms. The van der Waals surface area contributed by atoms with Gasteiger partial charge >= 0.3 is 5.97 Å². The predicted molar refractivity (Wildman–Crippen MR) is 101 cm³/mol. The molecule has 12 nitrogen and oxygen atoms in total. The Bertz CT molecular complexity index is 935. The van der Waals surface area contributed by atoms with Gasteiger partial charge in [0.15, 0.2) is 10.3 Å². The first kappa shape index (κ1) is 21.1. The molecule has 28 heavy (non-hydrogen) atoms. The first-order chi connectivity index (χ1) is 13.3. The van der Waals surface area contributed by atoms with Crippen molar-refractivity contribution in [1.82, 2.24) is 25.0 Å². The molecule has 1 aliphatic rings. The molecule has 0 unspecified atom stereocenters. The van der Waals surface area contributed by atoms with Gasteiger partial charge in [0.05, 0.1) is 6.33 Å². The zero-order valence-electron chi connectivity index (χ0n) is 14.8. The largest absolute Gasteiger partial charge is 0.369 e. The number of nitrogen functional groups attached to an aromatic ring is 1. The maximum Gasteiger partial charge on any atom is 0.349 e. The molecule has 0 saturated heterocycles. The number of rotatable bonds is 6. The Morgan fingerprint density at radius 2 is 1.96 bits per heavy atom. The second-order valence-corrected chi connectivity index (χ2v) is 6.05. The van der Waals surface area contributed by atoms with Crippen LogP contribution in [0, 0.1) is 4.64 Å². The van der Waals surface area contributed by atoms with Crippen molar-refractivity contribution in [2.24, 2.45) is 11.5 Å². The maximum atomic E-state index is 11.4. The van der Waals surface area contributed by atoms with Crippen LogP contribution in [0.5, 0.6) is 0 Å². The van der Waals surface area contributed by atoms with Gasteiger partial charge in [-0.05, 0) is 19.4 Å². The van der Waals surface area contributed by atoms with Crippen LogP contribution in [0.4, 0.5) is 5.95 Å². The molecule has 0 saturated carbocycles. The zero-order chi connectivity index (χ0) is 20.7. The Balaban J connectivity index is 0.000000218. The Morgan fingerprint density at radius 1 is 1.29 bits per heavy atom. The highest BCUT2D eigenvalue weighted by molar-refractivity contribution is 7.71. The van der Waals surface area contributed by atoms with Gasteiger partial charge in [-0.3, -0.25) is 9.59 Å². The van der Waals surface area contributed by atoms with Gasteiger partial charge in [-0.2, -0.15) is 0 Å². The predicted octanol–water partition coefficient (Wildman–Crippen LogP) is -0.576. The van der Waals surface area contributed by atoms with E-state index < -0.39 is 23.8 Å². The lowest BCUT2D eigenvalue weighted by atomic mass is 10.1. The van der Waals surface area contributed by atoms with E-state index in [0.717, 1.165) is 18.6 Å². The van der Waals surface area contributed by atoms with Gasteiger partial charge in [-0.1, -0.05) is 23.7 Å². The number of aromatic amines is 2. The molecular formula is C15H20N8O4S. The minimum atomic E-state index is -0.859. The Labute approximate surface area is 164 Å². The molecule has 8 N–H and O–H groups in total. The summed E-state index contributed by atoms with van der Waals surface area (Å²) >= 11 is 4.91. The maximum absolute atomic E-state index is 11.4. The number of nitrogens with one attached hydrogen (secondary N) is 2. The molecule has 1 aliphatic heterocycles. The summed E-state index contributed by atoms with van der Waals surface area (Å²) in [5.41, 5.74) is 17.6. The summed E-state index contributed by atoms with van der Waals surface area (Å²) in [4.78, 5) is 51.6. The van der Waals surface area contributed by atoms with Crippen LogP contribution in [0.25, 0.3) is 11.2 Å². The van der Waals surface area contributed by atoms with E-state index in [9.17, 15) is 14.4 Å². The normalized spacial score (nSPS) is 14.1. The average Bonchev–Trinajstić information content (AvgIpc) is 3.24. The molecule has 0 aliphatic carbocycles. The third-order valence-electron chi connectivity index (χ3n) is 3.54. The van der Waals surface area contributed by atoms with Crippen LogP contribution < -0.4 is 17.2 Å². The van der Waals surface area contributed by atoms with Crippen molar-refractivity contribution in [3.05, 3.63) is 23.1 Å². The number of imidazole rings is 1. The molecule has 0 spiro atoms. The number of nitrogens with two attached hydrogens (primary N) is 3. The molecule has 0 aromatic carbocycles. The van der Waals surface area contributed by atoms with Crippen molar-refractivity contribution < 1.29 is 19.2 Å². The lowest BCUT2D eigenvalue weighted by Crippen LogP contribution is -2.40. The third-order valence-corrected chi connectivity index (χ3v) is 3.84. The summed E-state index contributed by atoms with van der Waals surface area (Å²) in [5.74, 6) is -1.88.